The van der Waals surface area contributed by atoms with Gasteiger partial charge in [-0.3, -0.25) is 4.90 Å². The van der Waals surface area contributed by atoms with Crippen molar-refractivity contribution in [1.29, 1.82) is 0 Å². The number of piperazine rings is 1. The maximum atomic E-state index is 3.48. The van der Waals surface area contributed by atoms with Crippen LogP contribution in [0.5, 0.6) is 0 Å². The highest BCUT2D eigenvalue weighted by Gasteiger charge is 2.32. The Kier molecular flexibility index (Phi) is 8.87. The molecule has 0 radical (unpaired) electrons. The number of hydrogen-bond donors (Lipinski definition) is 1. The molecule has 2 nitrogen and oxygen atoms in total. The van der Waals surface area contributed by atoms with E-state index in [0.29, 0.717) is 6.04 Å². The van der Waals surface area contributed by atoms with Crippen LogP contribution in [0.3, 0.4) is 0 Å². The first-order valence-electron chi connectivity index (χ1n) is 7.55. The van der Waals surface area contributed by atoms with E-state index < -0.39 is 0 Å². The predicted molar refractivity (Wildman–Crippen MR) is 103 cm³/mol. The average Bonchev–Trinajstić information content (AvgIpc) is 2.96. The first-order chi connectivity index (χ1) is 9.36. The van der Waals surface area contributed by atoms with Crippen LogP contribution in [-0.4, -0.2) is 31.1 Å². The van der Waals surface area contributed by atoms with Gasteiger partial charge in [-0.25, -0.2) is 0 Å². The molecule has 1 heterocycles. The van der Waals surface area contributed by atoms with Crippen molar-refractivity contribution in [2.24, 2.45) is 5.92 Å². The summed E-state index contributed by atoms with van der Waals surface area (Å²) in [5.41, 5.74) is 1.57. The molecule has 0 unspecified atom stereocenters. The van der Waals surface area contributed by atoms with E-state index in [9.17, 15) is 0 Å². The van der Waals surface area contributed by atoms with Gasteiger partial charge in [0.15, 0.2) is 0 Å². The minimum Gasteiger partial charge on any atom is -0.314 e. The molecule has 0 bridgehead atoms. The van der Waals surface area contributed by atoms with Gasteiger partial charge >= 0.3 is 0 Å². The molecule has 3 rings (SSSR count). The molecule has 1 aliphatic heterocycles. The quantitative estimate of drug-likeness (QED) is 0.703. The third-order valence-electron chi connectivity index (χ3n) is 4.62. The van der Waals surface area contributed by atoms with Crippen molar-refractivity contribution in [3.8, 4) is 0 Å². The Balaban J connectivity index is 0.00000110. The molecule has 1 N–H and O–H groups in total. The first kappa shape index (κ1) is 19.5. The average molecular weight is 443 g/mol. The van der Waals surface area contributed by atoms with Crippen molar-refractivity contribution in [1.82, 2.24) is 10.2 Å². The van der Waals surface area contributed by atoms with Crippen LogP contribution in [0.2, 0.25) is 0 Å². The fourth-order valence-corrected chi connectivity index (χ4v) is 4.40. The molecule has 1 aliphatic carbocycles. The van der Waals surface area contributed by atoms with Crippen LogP contribution in [0.15, 0.2) is 24.3 Å². The Hall–Kier alpha value is 0.450. The van der Waals surface area contributed by atoms with E-state index in [0.717, 1.165) is 19.0 Å². The third-order valence-corrected chi connectivity index (χ3v) is 5.60. The summed E-state index contributed by atoms with van der Waals surface area (Å²) in [5.74, 6) is 0.869. The highest BCUT2D eigenvalue weighted by atomic mass is 127. The van der Waals surface area contributed by atoms with Gasteiger partial charge in [0.05, 0.1) is 0 Å². The van der Waals surface area contributed by atoms with Gasteiger partial charge in [0, 0.05) is 35.8 Å². The van der Waals surface area contributed by atoms with Crippen LogP contribution < -0.4 is 5.32 Å². The second-order valence-electron chi connectivity index (χ2n) is 5.80. The smallest absolute Gasteiger partial charge is 0.0387 e. The van der Waals surface area contributed by atoms with E-state index in [1.807, 2.05) is 0 Å². The van der Waals surface area contributed by atoms with Crippen molar-refractivity contribution in [2.45, 2.75) is 31.7 Å². The molecular weight excluding hydrogens is 418 g/mol. The number of nitrogens with one attached hydrogen (secondary N) is 1. The minimum atomic E-state index is 0. The summed E-state index contributed by atoms with van der Waals surface area (Å²) in [7, 11) is 0. The highest BCUT2D eigenvalue weighted by Crippen LogP contribution is 2.40. The van der Waals surface area contributed by atoms with Gasteiger partial charge in [-0.05, 0) is 53.0 Å². The Morgan fingerprint density at radius 1 is 1.05 bits per heavy atom. The largest absolute Gasteiger partial charge is 0.314 e. The maximum absolute atomic E-state index is 3.48. The fourth-order valence-electron chi connectivity index (χ4n) is 3.70. The molecule has 1 aromatic carbocycles. The van der Waals surface area contributed by atoms with E-state index in [-0.39, 0.29) is 24.8 Å². The lowest BCUT2D eigenvalue weighted by atomic mass is 9.90. The van der Waals surface area contributed by atoms with E-state index >= 15 is 0 Å². The summed E-state index contributed by atoms with van der Waals surface area (Å²) in [6.07, 6.45) is 5.69. The van der Waals surface area contributed by atoms with Gasteiger partial charge in [-0.15, -0.1) is 24.8 Å². The normalized spacial score (nSPS) is 21.4. The molecule has 21 heavy (non-hydrogen) atoms. The van der Waals surface area contributed by atoms with Gasteiger partial charge < -0.3 is 5.32 Å². The maximum Gasteiger partial charge on any atom is 0.0387 e. The molecule has 5 heteroatoms. The summed E-state index contributed by atoms with van der Waals surface area (Å²) in [5, 5.41) is 3.48. The summed E-state index contributed by atoms with van der Waals surface area (Å²) in [4.78, 5) is 2.73. The lowest BCUT2D eigenvalue weighted by molar-refractivity contribution is 0.125. The van der Waals surface area contributed by atoms with E-state index in [1.54, 1.807) is 5.56 Å². The molecule has 0 spiro atoms. The zero-order valence-electron chi connectivity index (χ0n) is 12.3. The van der Waals surface area contributed by atoms with Gasteiger partial charge in [0.2, 0.25) is 0 Å². The van der Waals surface area contributed by atoms with Crippen molar-refractivity contribution < 1.29 is 0 Å². The molecule has 1 saturated carbocycles. The van der Waals surface area contributed by atoms with E-state index in [2.05, 4.69) is 57.1 Å². The second kappa shape index (κ2) is 9.56. The van der Waals surface area contributed by atoms with Crippen LogP contribution in [0, 0.1) is 9.49 Å². The van der Waals surface area contributed by atoms with Gasteiger partial charge in [0.25, 0.3) is 0 Å². The van der Waals surface area contributed by atoms with E-state index in [1.165, 1.54) is 42.3 Å². The van der Waals surface area contributed by atoms with Crippen LogP contribution in [-0.2, 0) is 0 Å². The minimum absolute atomic E-state index is 0. The molecule has 1 atom stereocenters. The van der Waals surface area contributed by atoms with Crippen molar-refractivity contribution in [3.63, 3.8) is 0 Å². The summed E-state index contributed by atoms with van der Waals surface area (Å²) >= 11 is 2.52. The van der Waals surface area contributed by atoms with Crippen molar-refractivity contribution >= 4 is 47.4 Å². The number of benzene rings is 1. The fraction of sp³-hybridized carbons (Fsp3) is 0.625. The monoisotopic (exact) mass is 442 g/mol. The molecule has 120 valence electrons. The summed E-state index contributed by atoms with van der Waals surface area (Å²) in [6.45, 7) is 4.69. The Morgan fingerprint density at radius 3 is 2.29 bits per heavy atom. The highest BCUT2D eigenvalue weighted by molar-refractivity contribution is 14.1. The van der Waals surface area contributed by atoms with Crippen molar-refractivity contribution in [2.75, 3.05) is 26.2 Å². The van der Waals surface area contributed by atoms with E-state index in [4.69, 9.17) is 0 Å². The number of halogens is 3. The van der Waals surface area contributed by atoms with Crippen LogP contribution in [0.25, 0.3) is 0 Å². The second-order valence-corrected chi connectivity index (χ2v) is 6.96. The molecule has 1 aromatic rings. The number of rotatable bonds is 3. The molecular formula is C16H25Cl2IN2. The third kappa shape index (κ3) is 4.71. The van der Waals surface area contributed by atoms with Gasteiger partial charge in [-0.1, -0.05) is 31.0 Å². The molecule has 0 aromatic heterocycles. The zero-order valence-corrected chi connectivity index (χ0v) is 16.1. The standard InChI is InChI=1S/C16H23IN2.2ClH/c17-15-8-4-3-7-14(15)16(13-5-1-2-6-13)19-11-9-18-10-12-19;;/h3-4,7-8,13,16,18H,1-2,5-6,9-12H2;2*1H/t16-;;/m1../s1. The molecule has 2 aliphatic rings. The predicted octanol–water partition coefficient (Wildman–Crippen LogP) is 4.27. The van der Waals surface area contributed by atoms with Gasteiger partial charge in [0.1, 0.15) is 0 Å². The van der Waals surface area contributed by atoms with Gasteiger partial charge in [-0.2, -0.15) is 0 Å². The molecule has 1 saturated heterocycles. The number of hydrogen-bond acceptors (Lipinski definition) is 2. The SMILES string of the molecule is Cl.Cl.Ic1ccccc1[C@@H](C1CCCC1)N1CCNCC1. The Bertz CT molecular complexity index is 418. The summed E-state index contributed by atoms with van der Waals surface area (Å²) in [6, 6.07) is 9.64. The summed E-state index contributed by atoms with van der Waals surface area (Å²) < 4.78 is 1.44. The lowest BCUT2D eigenvalue weighted by Gasteiger charge is -2.39. The lowest BCUT2D eigenvalue weighted by Crippen LogP contribution is -2.46. The first-order valence-corrected chi connectivity index (χ1v) is 8.63. The zero-order chi connectivity index (χ0) is 13.1. The molecule has 2 fully saturated rings. The van der Waals surface area contributed by atoms with Crippen LogP contribution in [0.1, 0.15) is 37.3 Å². The number of nitrogens with zero attached hydrogens (tertiary/aromatic N) is 1. The van der Waals surface area contributed by atoms with Crippen molar-refractivity contribution in [3.05, 3.63) is 33.4 Å². The van der Waals surface area contributed by atoms with Crippen LogP contribution in [0.4, 0.5) is 0 Å². The van der Waals surface area contributed by atoms with Crippen LogP contribution >= 0.6 is 47.4 Å². The topological polar surface area (TPSA) is 15.3 Å². The Labute approximate surface area is 154 Å². The molecule has 0 amide bonds. The Morgan fingerprint density at radius 2 is 1.67 bits per heavy atom.